The van der Waals surface area contributed by atoms with Crippen LogP contribution in [0.25, 0.3) is 10.9 Å². The Bertz CT molecular complexity index is 1300. The van der Waals surface area contributed by atoms with Gasteiger partial charge in [-0.15, -0.1) is 0 Å². The van der Waals surface area contributed by atoms with Crippen molar-refractivity contribution in [1.82, 2.24) is 19.7 Å². The number of aromatic nitrogens is 3. The summed E-state index contributed by atoms with van der Waals surface area (Å²) >= 11 is 0. The Hall–Kier alpha value is -3.27. The summed E-state index contributed by atoms with van der Waals surface area (Å²) < 4.78 is 25.0. The molecule has 1 aromatic carbocycles. The Morgan fingerprint density at radius 3 is 2.77 bits per heavy atom. The molecule has 4 heterocycles. The number of benzene rings is 1. The van der Waals surface area contributed by atoms with Crippen LogP contribution in [-0.2, 0) is 23.4 Å². The molecule has 2 aromatic heterocycles. The molecule has 154 valence electrons. The molecule has 1 saturated heterocycles. The number of pyridine rings is 1. The van der Waals surface area contributed by atoms with E-state index in [1.165, 1.54) is 0 Å². The zero-order chi connectivity index (χ0) is 20.9. The van der Waals surface area contributed by atoms with Crippen LogP contribution < -0.4 is 5.32 Å². The molecule has 0 spiro atoms. The van der Waals surface area contributed by atoms with Crippen molar-refractivity contribution in [2.75, 3.05) is 29.9 Å². The van der Waals surface area contributed by atoms with Crippen LogP contribution in [0.2, 0.25) is 0 Å². The first-order valence-electron chi connectivity index (χ1n) is 9.63. The number of amidine groups is 1. The standard InChI is InChI=1S/C20H20N6O3S/c1-25-16-11-14(23-19-17-13(12-22-19)3-2-6-21-17)4-5-15(16)18(24-25)20(27)26-7-9-30(28,29)10-8-26/h2-6,11H,7-10,12H2,1H3,(H,22,23). The Labute approximate surface area is 173 Å². The lowest BCUT2D eigenvalue weighted by molar-refractivity contribution is 0.0765. The van der Waals surface area contributed by atoms with Crippen molar-refractivity contribution in [1.29, 1.82) is 0 Å². The van der Waals surface area contributed by atoms with E-state index in [1.54, 1.807) is 22.8 Å². The van der Waals surface area contributed by atoms with Gasteiger partial charge in [0.1, 0.15) is 5.69 Å². The summed E-state index contributed by atoms with van der Waals surface area (Å²) in [5, 5.41) is 8.46. The highest BCUT2D eigenvalue weighted by molar-refractivity contribution is 7.91. The molecule has 2 aliphatic rings. The molecule has 5 rings (SSSR count). The summed E-state index contributed by atoms with van der Waals surface area (Å²) in [6.07, 6.45) is 1.75. The number of sulfone groups is 1. The molecule has 1 fully saturated rings. The Balaban J connectivity index is 1.42. The smallest absolute Gasteiger partial charge is 0.275 e. The van der Waals surface area contributed by atoms with Gasteiger partial charge in [0.15, 0.2) is 21.4 Å². The fraction of sp³-hybridized carbons (Fsp3) is 0.300. The SMILES string of the molecule is Cn1nc(C(=O)N2CCS(=O)(=O)CC2)c2ccc(NC3=NCc4cccnc43)cc21. The van der Waals surface area contributed by atoms with E-state index in [-0.39, 0.29) is 30.5 Å². The molecule has 0 saturated carbocycles. The van der Waals surface area contributed by atoms with Gasteiger partial charge in [-0.1, -0.05) is 6.07 Å². The van der Waals surface area contributed by atoms with Gasteiger partial charge < -0.3 is 10.2 Å². The molecule has 9 nitrogen and oxygen atoms in total. The number of hydrogen-bond donors (Lipinski definition) is 1. The number of carbonyl (C=O) groups excluding carboxylic acids is 1. The van der Waals surface area contributed by atoms with E-state index < -0.39 is 9.84 Å². The molecule has 30 heavy (non-hydrogen) atoms. The van der Waals surface area contributed by atoms with Crippen LogP contribution >= 0.6 is 0 Å². The summed E-state index contributed by atoms with van der Waals surface area (Å²) in [6.45, 7) is 1.000. The maximum Gasteiger partial charge on any atom is 0.275 e. The maximum atomic E-state index is 13.0. The van der Waals surface area contributed by atoms with E-state index in [9.17, 15) is 13.2 Å². The number of nitrogens with one attached hydrogen (secondary N) is 1. The van der Waals surface area contributed by atoms with Crippen LogP contribution in [0.15, 0.2) is 41.5 Å². The summed E-state index contributed by atoms with van der Waals surface area (Å²) in [5.41, 5.74) is 3.89. The van der Waals surface area contributed by atoms with E-state index in [4.69, 9.17) is 0 Å². The van der Waals surface area contributed by atoms with E-state index >= 15 is 0 Å². The zero-order valence-corrected chi connectivity index (χ0v) is 17.2. The zero-order valence-electron chi connectivity index (χ0n) is 16.4. The second-order valence-electron chi connectivity index (χ2n) is 7.45. The first kappa shape index (κ1) is 18.7. The Morgan fingerprint density at radius 2 is 1.97 bits per heavy atom. The minimum absolute atomic E-state index is 0.00477. The number of nitrogens with zero attached hydrogens (tertiary/aromatic N) is 5. The molecule has 1 N–H and O–H groups in total. The van der Waals surface area contributed by atoms with Gasteiger partial charge in [-0.2, -0.15) is 5.10 Å². The largest absolute Gasteiger partial charge is 0.339 e. The number of amides is 1. The molecule has 0 radical (unpaired) electrons. The Kier molecular flexibility index (Phi) is 4.31. The molecule has 3 aromatic rings. The minimum Gasteiger partial charge on any atom is -0.339 e. The number of hydrogen-bond acceptors (Lipinski definition) is 7. The molecule has 2 aliphatic heterocycles. The average molecular weight is 424 g/mol. The van der Waals surface area contributed by atoms with Crippen LogP contribution in [0.1, 0.15) is 21.7 Å². The van der Waals surface area contributed by atoms with Crippen molar-refractivity contribution in [3.05, 3.63) is 53.5 Å². The van der Waals surface area contributed by atoms with Crippen LogP contribution in [0.5, 0.6) is 0 Å². The van der Waals surface area contributed by atoms with Gasteiger partial charge in [0.25, 0.3) is 5.91 Å². The second-order valence-corrected chi connectivity index (χ2v) is 9.75. The van der Waals surface area contributed by atoms with Gasteiger partial charge in [-0.05, 0) is 24.3 Å². The van der Waals surface area contributed by atoms with Crippen LogP contribution in [0.3, 0.4) is 0 Å². The summed E-state index contributed by atoms with van der Waals surface area (Å²) in [6, 6.07) is 9.56. The number of fused-ring (bicyclic) bond motifs is 2. The van der Waals surface area contributed by atoms with Gasteiger partial charge in [-0.25, -0.2) is 8.42 Å². The van der Waals surface area contributed by atoms with Crippen LogP contribution in [0.4, 0.5) is 5.69 Å². The van der Waals surface area contributed by atoms with Gasteiger partial charge in [-0.3, -0.25) is 19.5 Å². The van der Waals surface area contributed by atoms with Crippen molar-refractivity contribution in [2.45, 2.75) is 6.54 Å². The van der Waals surface area contributed by atoms with E-state index in [0.29, 0.717) is 12.2 Å². The number of anilines is 1. The number of rotatable bonds is 2. The first-order valence-corrected chi connectivity index (χ1v) is 11.5. The highest BCUT2D eigenvalue weighted by Crippen LogP contribution is 2.25. The second kappa shape index (κ2) is 6.91. The van der Waals surface area contributed by atoms with E-state index in [2.05, 4.69) is 20.4 Å². The third kappa shape index (κ3) is 3.22. The fourth-order valence-electron chi connectivity index (χ4n) is 3.81. The van der Waals surface area contributed by atoms with Gasteiger partial charge in [0.05, 0.1) is 23.6 Å². The normalized spacial score (nSPS) is 17.6. The Morgan fingerprint density at radius 1 is 1.17 bits per heavy atom. The molecule has 0 atom stereocenters. The number of aryl methyl sites for hydroxylation is 1. The minimum atomic E-state index is -3.05. The van der Waals surface area contributed by atoms with Crippen molar-refractivity contribution in [2.24, 2.45) is 12.0 Å². The monoisotopic (exact) mass is 424 g/mol. The van der Waals surface area contributed by atoms with Crippen LogP contribution in [0, 0.1) is 0 Å². The topological polar surface area (TPSA) is 110 Å². The lowest BCUT2D eigenvalue weighted by Gasteiger charge is -2.26. The van der Waals surface area contributed by atoms with Crippen molar-refractivity contribution in [3.63, 3.8) is 0 Å². The van der Waals surface area contributed by atoms with Crippen molar-refractivity contribution in [3.8, 4) is 0 Å². The number of aliphatic imine (C=N–C) groups is 1. The van der Waals surface area contributed by atoms with Crippen LogP contribution in [-0.4, -0.2) is 64.4 Å². The fourth-order valence-corrected chi connectivity index (χ4v) is 5.01. The van der Waals surface area contributed by atoms with E-state index in [0.717, 1.165) is 33.7 Å². The highest BCUT2D eigenvalue weighted by Gasteiger charge is 2.28. The molecule has 0 aliphatic carbocycles. The van der Waals surface area contributed by atoms with Gasteiger partial charge in [0.2, 0.25) is 0 Å². The first-order chi connectivity index (χ1) is 14.4. The summed E-state index contributed by atoms with van der Waals surface area (Å²) in [4.78, 5) is 23.4. The highest BCUT2D eigenvalue weighted by atomic mass is 32.2. The molecule has 1 amide bonds. The van der Waals surface area contributed by atoms with Gasteiger partial charge in [0, 0.05) is 43.0 Å². The quantitative estimate of drug-likeness (QED) is 0.662. The molecular weight excluding hydrogens is 404 g/mol. The van der Waals surface area contributed by atoms with Crippen molar-refractivity contribution < 1.29 is 13.2 Å². The summed E-state index contributed by atoms with van der Waals surface area (Å²) in [7, 11) is -1.27. The maximum absolute atomic E-state index is 13.0. The predicted molar refractivity (Wildman–Crippen MR) is 113 cm³/mol. The molecule has 0 bridgehead atoms. The van der Waals surface area contributed by atoms with Crippen molar-refractivity contribution >= 4 is 38.2 Å². The summed E-state index contributed by atoms with van der Waals surface area (Å²) in [5.74, 6) is 0.470. The lowest BCUT2D eigenvalue weighted by atomic mass is 10.1. The third-order valence-electron chi connectivity index (χ3n) is 5.47. The predicted octanol–water partition coefficient (Wildman–Crippen LogP) is 1.21. The van der Waals surface area contributed by atoms with Gasteiger partial charge >= 0.3 is 0 Å². The molecule has 10 heteroatoms. The lowest BCUT2D eigenvalue weighted by Crippen LogP contribution is -2.43. The molecule has 0 unspecified atom stereocenters. The van der Waals surface area contributed by atoms with E-state index in [1.807, 2.05) is 30.3 Å². The third-order valence-corrected chi connectivity index (χ3v) is 7.08. The number of carbonyl (C=O) groups is 1. The molecular formula is C20H20N6O3S. The average Bonchev–Trinajstić information content (AvgIpc) is 3.29.